The van der Waals surface area contributed by atoms with Gasteiger partial charge < -0.3 is 4.74 Å². The number of carbonyl (C=O) groups excluding carboxylic acids is 1. The van der Waals surface area contributed by atoms with Crippen LogP contribution in [0.5, 0.6) is 5.75 Å². The van der Waals surface area contributed by atoms with Crippen molar-refractivity contribution in [3.63, 3.8) is 0 Å². The van der Waals surface area contributed by atoms with E-state index in [0.29, 0.717) is 38.9 Å². The zero-order chi connectivity index (χ0) is 27.3. The van der Waals surface area contributed by atoms with Crippen LogP contribution in [-0.4, -0.2) is 47.7 Å². The zero-order valence-corrected chi connectivity index (χ0v) is 21.4. The van der Waals surface area contributed by atoms with Crippen LogP contribution < -0.4 is 10.2 Å². The highest BCUT2D eigenvalue weighted by molar-refractivity contribution is 5.84. The molecule has 1 saturated heterocycles. The lowest BCUT2D eigenvalue weighted by atomic mass is 9.73. The summed E-state index contributed by atoms with van der Waals surface area (Å²) in [4.78, 5) is 19.3. The summed E-state index contributed by atoms with van der Waals surface area (Å²) in [5.41, 5.74) is 4.32. The first-order valence-corrected chi connectivity index (χ1v) is 12.5. The molecule has 2 N–H and O–H groups in total. The molecule has 0 bridgehead atoms. The van der Waals surface area contributed by atoms with Crippen LogP contribution in [0.3, 0.4) is 0 Å². The average molecular weight is 526 g/mol. The van der Waals surface area contributed by atoms with E-state index < -0.39 is 28.8 Å². The number of hydrogen-bond donors (Lipinski definition) is 2. The number of aromatic nitrogens is 1. The number of aryl methyl sites for hydroxylation is 2. The average Bonchev–Trinajstić information content (AvgIpc) is 2.93. The normalized spacial score (nSPS) is 15.1. The van der Waals surface area contributed by atoms with Gasteiger partial charge in [-0.3, -0.25) is 19.9 Å². The van der Waals surface area contributed by atoms with Gasteiger partial charge >= 0.3 is 0 Å². The third-order valence-electron chi connectivity index (χ3n) is 7.40. The molecule has 38 heavy (non-hydrogen) atoms. The number of hydroxylamine groups is 1. The van der Waals surface area contributed by atoms with Gasteiger partial charge in [0.05, 0.1) is 24.6 Å². The number of pyridine rings is 1. The van der Waals surface area contributed by atoms with Crippen LogP contribution >= 0.6 is 0 Å². The highest BCUT2D eigenvalue weighted by Gasteiger charge is 2.40. The monoisotopic (exact) mass is 525 g/mol. The van der Waals surface area contributed by atoms with Crippen LogP contribution in [0.1, 0.15) is 42.4 Å². The Morgan fingerprint density at radius 1 is 1.18 bits per heavy atom. The molecule has 0 atom stereocenters. The minimum absolute atomic E-state index is 0.0592. The molecule has 4 rings (SSSR count). The first-order chi connectivity index (χ1) is 18.3. The number of amides is 1. The van der Waals surface area contributed by atoms with Crippen molar-refractivity contribution in [2.24, 2.45) is 5.41 Å². The Balaban J connectivity index is 1.40. The van der Waals surface area contributed by atoms with Gasteiger partial charge in [-0.25, -0.2) is 18.7 Å². The molecule has 3 aromatic rings. The number of likely N-dealkylation sites (tertiary alicyclic amines) is 1. The maximum absolute atomic E-state index is 13.4. The Morgan fingerprint density at radius 2 is 1.89 bits per heavy atom. The summed E-state index contributed by atoms with van der Waals surface area (Å²) in [6, 6.07) is 7.52. The number of nitrogens with zero attached hydrogens (tertiary/aromatic N) is 2. The van der Waals surface area contributed by atoms with Gasteiger partial charge in [0.2, 0.25) is 5.91 Å². The molecule has 200 valence electrons. The summed E-state index contributed by atoms with van der Waals surface area (Å²) in [7, 11) is 1.63. The molecule has 1 fully saturated rings. The lowest BCUT2D eigenvalue weighted by Gasteiger charge is -2.39. The Morgan fingerprint density at radius 3 is 2.55 bits per heavy atom. The summed E-state index contributed by atoms with van der Waals surface area (Å²) < 4.78 is 45.3. The first kappa shape index (κ1) is 27.4. The third-order valence-corrected chi connectivity index (χ3v) is 7.40. The second-order valence-electron chi connectivity index (χ2n) is 9.71. The number of ether oxygens (including phenoxy) is 1. The SMILES string of the molecule is COc1ccc2ncc(C)c(CCCC3(C(=O)NO)CCN(CC#Cc4cc(F)c(F)c(F)c4)CC3)c2c1. The number of fused-ring (bicyclic) bond motifs is 1. The van der Waals surface area contributed by atoms with Crippen LogP contribution in [0.2, 0.25) is 0 Å². The quantitative estimate of drug-likeness (QED) is 0.198. The molecular weight excluding hydrogens is 495 g/mol. The minimum atomic E-state index is -1.52. The van der Waals surface area contributed by atoms with Crippen molar-refractivity contribution in [1.82, 2.24) is 15.4 Å². The number of benzene rings is 2. The van der Waals surface area contributed by atoms with E-state index in [4.69, 9.17) is 4.74 Å². The number of rotatable bonds is 7. The van der Waals surface area contributed by atoms with Crippen LogP contribution in [0.15, 0.2) is 36.5 Å². The molecule has 1 aromatic heterocycles. The van der Waals surface area contributed by atoms with E-state index in [1.165, 1.54) is 0 Å². The van der Waals surface area contributed by atoms with Gasteiger partial charge in [0.15, 0.2) is 17.5 Å². The van der Waals surface area contributed by atoms with Crippen molar-refractivity contribution in [1.29, 1.82) is 0 Å². The van der Waals surface area contributed by atoms with Crippen molar-refractivity contribution in [2.75, 3.05) is 26.7 Å². The molecule has 1 aliphatic heterocycles. The molecule has 0 unspecified atom stereocenters. The third kappa shape index (κ3) is 5.93. The first-order valence-electron chi connectivity index (χ1n) is 12.5. The maximum Gasteiger partial charge on any atom is 0.249 e. The Kier molecular flexibility index (Phi) is 8.55. The molecule has 2 aromatic carbocycles. The fourth-order valence-electron chi connectivity index (χ4n) is 5.12. The Labute approximate surface area is 219 Å². The summed E-state index contributed by atoms with van der Waals surface area (Å²) in [6.07, 6.45) is 5.01. The molecule has 0 saturated carbocycles. The van der Waals surface area contributed by atoms with Gasteiger partial charge in [-0.05, 0) is 80.5 Å². The van der Waals surface area contributed by atoms with Gasteiger partial charge in [-0.2, -0.15) is 0 Å². The highest BCUT2D eigenvalue weighted by atomic mass is 19.2. The van der Waals surface area contributed by atoms with E-state index in [2.05, 4.69) is 16.8 Å². The standard InChI is InChI=1S/C29H30F3N3O3/c1-19-18-33-26-8-7-21(38-2)17-23(26)22(19)6-3-9-29(28(36)34-37)10-13-35(14-11-29)12-4-5-20-15-24(30)27(32)25(31)16-20/h7-8,15-18,37H,3,6,9-14H2,1-2H3,(H,34,36). The minimum Gasteiger partial charge on any atom is -0.497 e. The van der Waals surface area contributed by atoms with Crippen LogP contribution in [0, 0.1) is 41.6 Å². The fourth-order valence-corrected chi connectivity index (χ4v) is 5.12. The van der Waals surface area contributed by atoms with E-state index >= 15 is 0 Å². The smallest absolute Gasteiger partial charge is 0.249 e. The lowest BCUT2D eigenvalue weighted by Crippen LogP contribution is -2.48. The molecular formula is C29H30F3N3O3. The van der Waals surface area contributed by atoms with Gasteiger partial charge in [-0.15, -0.1) is 0 Å². The number of piperidine rings is 1. The summed E-state index contributed by atoms with van der Waals surface area (Å²) in [5.74, 6) is 1.83. The van der Waals surface area contributed by atoms with Gasteiger partial charge in [0, 0.05) is 30.2 Å². The molecule has 1 amide bonds. The largest absolute Gasteiger partial charge is 0.497 e. The van der Waals surface area contributed by atoms with E-state index in [9.17, 15) is 23.2 Å². The van der Waals surface area contributed by atoms with Gasteiger partial charge in [0.25, 0.3) is 0 Å². The predicted octanol–water partition coefficient (Wildman–Crippen LogP) is 4.93. The maximum atomic E-state index is 13.4. The predicted molar refractivity (Wildman–Crippen MR) is 137 cm³/mol. The molecule has 0 spiro atoms. The number of carbonyl (C=O) groups is 1. The van der Waals surface area contributed by atoms with E-state index in [0.717, 1.165) is 52.8 Å². The zero-order valence-electron chi connectivity index (χ0n) is 21.4. The van der Waals surface area contributed by atoms with E-state index in [-0.39, 0.29) is 5.56 Å². The molecule has 9 heteroatoms. The second-order valence-corrected chi connectivity index (χ2v) is 9.71. The number of methoxy groups -OCH3 is 1. The van der Waals surface area contributed by atoms with Gasteiger partial charge in [-0.1, -0.05) is 11.8 Å². The Hall–Kier alpha value is -3.61. The van der Waals surface area contributed by atoms with Crippen molar-refractivity contribution in [3.05, 3.63) is 70.7 Å². The van der Waals surface area contributed by atoms with Crippen molar-refractivity contribution >= 4 is 16.8 Å². The lowest BCUT2D eigenvalue weighted by molar-refractivity contribution is -0.143. The van der Waals surface area contributed by atoms with Crippen molar-refractivity contribution in [3.8, 4) is 17.6 Å². The number of hydrogen-bond acceptors (Lipinski definition) is 5. The highest BCUT2D eigenvalue weighted by Crippen LogP contribution is 2.37. The molecule has 6 nitrogen and oxygen atoms in total. The van der Waals surface area contributed by atoms with E-state index in [1.54, 1.807) is 7.11 Å². The summed E-state index contributed by atoms with van der Waals surface area (Å²) in [6.45, 7) is 3.50. The van der Waals surface area contributed by atoms with Crippen molar-refractivity contribution < 1.29 is 27.9 Å². The number of halogens is 3. The molecule has 1 aliphatic rings. The fraction of sp³-hybridized carbons (Fsp3) is 0.379. The van der Waals surface area contributed by atoms with E-state index in [1.807, 2.05) is 41.7 Å². The second kappa shape index (κ2) is 11.8. The Bertz CT molecular complexity index is 1370. The van der Waals surface area contributed by atoms with Crippen molar-refractivity contribution in [2.45, 2.75) is 39.0 Å². The molecule has 0 aliphatic carbocycles. The summed E-state index contributed by atoms with van der Waals surface area (Å²) >= 11 is 0. The molecule has 0 radical (unpaired) electrons. The topological polar surface area (TPSA) is 74.7 Å². The van der Waals surface area contributed by atoms with Crippen LogP contribution in [0.25, 0.3) is 10.9 Å². The summed E-state index contributed by atoms with van der Waals surface area (Å²) in [5, 5.41) is 10.5. The van der Waals surface area contributed by atoms with Gasteiger partial charge in [0.1, 0.15) is 5.75 Å². The number of nitrogens with one attached hydrogen (secondary N) is 1. The molecule has 2 heterocycles. The van der Waals surface area contributed by atoms with Crippen LogP contribution in [0.4, 0.5) is 13.2 Å². The van der Waals surface area contributed by atoms with Crippen LogP contribution in [-0.2, 0) is 11.2 Å².